The van der Waals surface area contributed by atoms with Crippen molar-refractivity contribution in [3.05, 3.63) is 75.6 Å². The zero-order valence-electron chi connectivity index (χ0n) is 15.0. The molecule has 0 spiro atoms. The van der Waals surface area contributed by atoms with E-state index >= 15 is 0 Å². The highest BCUT2D eigenvalue weighted by atomic mass is 32.1. The van der Waals surface area contributed by atoms with Gasteiger partial charge in [0.2, 0.25) is 5.76 Å². The zero-order chi connectivity index (χ0) is 19.5. The van der Waals surface area contributed by atoms with Gasteiger partial charge in [-0.3, -0.25) is 9.59 Å². The Morgan fingerprint density at radius 3 is 2.36 bits per heavy atom. The van der Waals surface area contributed by atoms with Crippen LogP contribution < -0.4 is 0 Å². The number of thiophene rings is 1. The van der Waals surface area contributed by atoms with Gasteiger partial charge in [0.15, 0.2) is 0 Å². The van der Waals surface area contributed by atoms with Gasteiger partial charge < -0.3 is 14.3 Å². The van der Waals surface area contributed by atoms with Crippen molar-refractivity contribution in [3.63, 3.8) is 0 Å². The Morgan fingerprint density at radius 2 is 1.71 bits per heavy atom. The van der Waals surface area contributed by atoms with Gasteiger partial charge in [0.25, 0.3) is 11.8 Å². The Kier molecular flexibility index (Phi) is 5.21. The molecule has 0 saturated carbocycles. The summed E-state index contributed by atoms with van der Waals surface area (Å²) in [6.07, 6.45) is 0.458. The van der Waals surface area contributed by atoms with Crippen LogP contribution in [-0.4, -0.2) is 52.9 Å². The lowest BCUT2D eigenvalue weighted by molar-refractivity contribution is 0.0515. The summed E-state index contributed by atoms with van der Waals surface area (Å²) in [4.78, 5) is 29.2. The minimum absolute atomic E-state index is 0.00310. The monoisotopic (exact) mass is 399 g/mol. The van der Waals surface area contributed by atoms with Crippen molar-refractivity contribution in [1.29, 1.82) is 0 Å². The fraction of sp³-hybridized carbons (Fsp3) is 0.250. The highest BCUT2D eigenvalue weighted by Crippen LogP contribution is 2.16. The van der Waals surface area contributed by atoms with Crippen LogP contribution in [0.15, 0.2) is 52.4 Å². The topological polar surface area (TPSA) is 66.7 Å². The maximum atomic E-state index is 13.0. The molecule has 1 aliphatic rings. The van der Waals surface area contributed by atoms with Crippen molar-refractivity contribution < 1.29 is 18.5 Å². The Balaban J connectivity index is 1.35. The van der Waals surface area contributed by atoms with Crippen LogP contribution in [0.4, 0.5) is 4.39 Å². The number of hydrogen-bond donors (Lipinski definition) is 0. The molecule has 0 aliphatic carbocycles. The minimum Gasteiger partial charge on any atom is -0.351 e. The van der Waals surface area contributed by atoms with E-state index in [9.17, 15) is 14.0 Å². The number of benzene rings is 1. The molecule has 1 saturated heterocycles. The summed E-state index contributed by atoms with van der Waals surface area (Å²) in [5.74, 6) is -0.351. The summed E-state index contributed by atoms with van der Waals surface area (Å²) in [5, 5.41) is 5.82. The van der Waals surface area contributed by atoms with Crippen molar-refractivity contribution in [2.24, 2.45) is 0 Å². The summed E-state index contributed by atoms with van der Waals surface area (Å²) in [7, 11) is 0. The summed E-state index contributed by atoms with van der Waals surface area (Å²) in [6, 6.07) is 11.4. The summed E-state index contributed by atoms with van der Waals surface area (Å²) >= 11 is 1.42. The number of hydrogen-bond acceptors (Lipinski definition) is 5. The van der Waals surface area contributed by atoms with Gasteiger partial charge in [-0.05, 0) is 29.1 Å². The Morgan fingerprint density at radius 1 is 1.04 bits per heavy atom. The predicted molar refractivity (Wildman–Crippen MR) is 102 cm³/mol. The van der Waals surface area contributed by atoms with E-state index in [2.05, 4.69) is 5.16 Å². The van der Waals surface area contributed by atoms with Crippen LogP contribution in [0.1, 0.15) is 31.5 Å². The molecule has 1 aromatic carbocycles. The Bertz CT molecular complexity index is 961. The van der Waals surface area contributed by atoms with Crippen LogP contribution in [0.2, 0.25) is 0 Å². The number of rotatable bonds is 4. The first-order valence-corrected chi connectivity index (χ1v) is 9.80. The molecule has 0 atom stereocenters. The van der Waals surface area contributed by atoms with Gasteiger partial charge in [-0.1, -0.05) is 23.4 Å². The van der Waals surface area contributed by atoms with Gasteiger partial charge in [0.1, 0.15) is 5.82 Å². The largest absolute Gasteiger partial charge is 0.351 e. The van der Waals surface area contributed by atoms with E-state index in [1.54, 1.807) is 28.0 Å². The van der Waals surface area contributed by atoms with E-state index in [1.807, 2.05) is 17.5 Å². The number of amides is 2. The lowest BCUT2D eigenvalue weighted by atomic mass is 10.1. The lowest BCUT2D eigenvalue weighted by Crippen LogP contribution is -2.50. The standard InChI is InChI=1S/C20H18FN3O3S/c21-15-5-3-14(4-6-15)12-16-13-17(27-22-16)19(25)23-7-9-24(10-8-23)20(26)18-2-1-11-28-18/h1-6,11,13H,7-10,12H2. The maximum Gasteiger partial charge on any atom is 0.292 e. The predicted octanol–water partition coefficient (Wildman–Crippen LogP) is 3.06. The second-order valence-electron chi connectivity index (χ2n) is 6.55. The van der Waals surface area contributed by atoms with Crippen LogP contribution in [0, 0.1) is 5.82 Å². The van der Waals surface area contributed by atoms with E-state index in [-0.39, 0.29) is 23.4 Å². The Hall–Kier alpha value is -3.00. The van der Waals surface area contributed by atoms with E-state index in [0.717, 1.165) is 5.56 Å². The van der Waals surface area contributed by atoms with Gasteiger partial charge in [-0.15, -0.1) is 11.3 Å². The van der Waals surface area contributed by atoms with Crippen LogP contribution in [-0.2, 0) is 6.42 Å². The number of carbonyl (C=O) groups excluding carboxylic acids is 2. The fourth-order valence-electron chi connectivity index (χ4n) is 3.13. The molecular weight excluding hydrogens is 381 g/mol. The summed E-state index contributed by atoms with van der Waals surface area (Å²) in [5.41, 5.74) is 1.50. The molecule has 0 radical (unpaired) electrons. The first-order valence-electron chi connectivity index (χ1n) is 8.92. The van der Waals surface area contributed by atoms with E-state index in [1.165, 1.54) is 23.5 Å². The quantitative estimate of drug-likeness (QED) is 0.676. The molecule has 6 nitrogen and oxygen atoms in total. The van der Waals surface area contributed by atoms with Crippen molar-refractivity contribution >= 4 is 23.2 Å². The molecule has 28 heavy (non-hydrogen) atoms. The molecule has 1 fully saturated rings. The van der Waals surface area contributed by atoms with Gasteiger partial charge in [-0.2, -0.15) is 0 Å². The molecule has 144 valence electrons. The van der Waals surface area contributed by atoms with E-state index in [4.69, 9.17) is 4.52 Å². The third kappa shape index (κ3) is 3.96. The fourth-order valence-corrected chi connectivity index (χ4v) is 3.82. The first kappa shape index (κ1) is 18.4. The number of piperazine rings is 1. The smallest absolute Gasteiger partial charge is 0.292 e. The molecule has 3 aromatic rings. The average Bonchev–Trinajstić information content (AvgIpc) is 3.41. The van der Waals surface area contributed by atoms with Gasteiger partial charge in [0.05, 0.1) is 10.6 Å². The highest BCUT2D eigenvalue weighted by molar-refractivity contribution is 7.12. The minimum atomic E-state index is -0.295. The van der Waals surface area contributed by atoms with Crippen LogP contribution in [0.25, 0.3) is 0 Å². The molecule has 1 aliphatic heterocycles. The summed E-state index contributed by atoms with van der Waals surface area (Å²) < 4.78 is 18.2. The normalized spacial score (nSPS) is 14.3. The zero-order valence-corrected chi connectivity index (χ0v) is 15.8. The molecule has 2 aromatic heterocycles. The third-order valence-electron chi connectivity index (χ3n) is 4.65. The summed E-state index contributed by atoms with van der Waals surface area (Å²) in [6.45, 7) is 1.87. The first-order chi connectivity index (χ1) is 13.6. The van der Waals surface area contributed by atoms with Gasteiger partial charge >= 0.3 is 0 Å². The van der Waals surface area contributed by atoms with Gasteiger partial charge in [0, 0.05) is 38.7 Å². The molecule has 3 heterocycles. The number of carbonyl (C=O) groups is 2. The number of aromatic nitrogens is 1. The second kappa shape index (κ2) is 7.93. The van der Waals surface area contributed by atoms with Crippen LogP contribution >= 0.6 is 11.3 Å². The SMILES string of the molecule is O=C(c1cc(Cc2ccc(F)cc2)no1)N1CCN(C(=O)c2cccs2)CC1. The third-order valence-corrected chi connectivity index (χ3v) is 5.51. The highest BCUT2D eigenvalue weighted by Gasteiger charge is 2.27. The average molecular weight is 399 g/mol. The molecular formula is C20H18FN3O3S. The number of halogens is 1. The molecule has 0 bridgehead atoms. The van der Waals surface area contributed by atoms with Crippen molar-refractivity contribution in [2.45, 2.75) is 6.42 Å². The molecule has 2 amide bonds. The Labute approximate surface area is 165 Å². The number of nitrogens with zero attached hydrogens (tertiary/aromatic N) is 3. The molecule has 8 heteroatoms. The maximum absolute atomic E-state index is 13.0. The van der Waals surface area contributed by atoms with Crippen LogP contribution in [0.5, 0.6) is 0 Å². The second-order valence-corrected chi connectivity index (χ2v) is 7.50. The van der Waals surface area contributed by atoms with Crippen LogP contribution in [0.3, 0.4) is 0 Å². The molecule has 0 N–H and O–H groups in total. The van der Waals surface area contributed by atoms with Crippen molar-refractivity contribution in [1.82, 2.24) is 15.0 Å². The molecule has 4 rings (SSSR count). The lowest BCUT2D eigenvalue weighted by Gasteiger charge is -2.34. The van der Waals surface area contributed by atoms with Crippen molar-refractivity contribution in [3.8, 4) is 0 Å². The van der Waals surface area contributed by atoms with E-state index < -0.39 is 0 Å². The van der Waals surface area contributed by atoms with Crippen molar-refractivity contribution in [2.75, 3.05) is 26.2 Å². The molecule has 0 unspecified atom stereocenters. The van der Waals surface area contributed by atoms with E-state index in [0.29, 0.717) is 43.2 Å². The van der Waals surface area contributed by atoms with Gasteiger partial charge in [-0.25, -0.2) is 4.39 Å².